The van der Waals surface area contributed by atoms with E-state index >= 15 is 0 Å². The third-order valence-electron chi connectivity index (χ3n) is 3.95. The van der Waals surface area contributed by atoms with Gasteiger partial charge in [0.2, 0.25) is 0 Å². The van der Waals surface area contributed by atoms with Crippen molar-refractivity contribution in [1.29, 1.82) is 0 Å². The van der Waals surface area contributed by atoms with Gasteiger partial charge in [-0.15, -0.1) is 0 Å². The molecule has 1 saturated heterocycles. The number of benzene rings is 1. The molecule has 16 heavy (non-hydrogen) atoms. The third-order valence-corrected chi connectivity index (χ3v) is 3.95. The maximum atomic E-state index is 10.2. The molecule has 2 atom stereocenters. The summed E-state index contributed by atoms with van der Waals surface area (Å²) < 4.78 is 0. The zero-order valence-corrected chi connectivity index (χ0v) is 9.60. The number of aliphatic hydroxyl groups is 1. The SMILES string of the molecule is OC1Cc2ccccc2C1N1CCCCC1. The van der Waals surface area contributed by atoms with E-state index in [-0.39, 0.29) is 12.1 Å². The first-order chi connectivity index (χ1) is 7.86. The van der Waals surface area contributed by atoms with Crippen molar-refractivity contribution >= 4 is 0 Å². The van der Waals surface area contributed by atoms with Gasteiger partial charge < -0.3 is 5.11 Å². The monoisotopic (exact) mass is 217 g/mol. The Bertz CT molecular complexity index is 371. The fourth-order valence-electron chi connectivity index (χ4n) is 3.19. The molecule has 2 nitrogen and oxygen atoms in total. The Morgan fingerprint density at radius 1 is 1.06 bits per heavy atom. The molecule has 2 heteroatoms. The minimum Gasteiger partial charge on any atom is -0.391 e. The number of hydrogen-bond donors (Lipinski definition) is 1. The van der Waals surface area contributed by atoms with Crippen LogP contribution in [0.5, 0.6) is 0 Å². The number of nitrogens with zero attached hydrogens (tertiary/aromatic N) is 1. The van der Waals surface area contributed by atoms with Crippen molar-refractivity contribution in [2.24, 2.45) is 0 Å². The molecule has 1 N–H and O–H groups in total. The highest BCUT2D eigenvalue weighted by atomic mass is 16.3. The van der Waals surface area contributed by atoms with Crippen molar-refractivity contribution in [3.05, 3.63) is 35.4 Å². The molecule has 1 aromatic rings. The van der Waals surface area contributed by atoms with E-state index in [1.807, 2.05) is 0 Å². The summed E-state index contributed by atoms with van der Waals surface area (Å²) in [7, 11) is 0. The van der Waals surface area contributed by atoms with Gasteiger partial charge in [0.1, 0.15) is 0 Å². The second-order valence-electron chi connectivity index (χ2n) is 5.01. The summed E-state index contributed by atoms with van der Waals surface area (Å²) in [5.41, 5.74) is 2.70. The number of hydrogen-bond acceptors (Lipinski definition) is 2. The number of rotatable bonds is 1. The Morgan fingerprint density at radius 2 is 1.81 bits per heavy atom. The van der Waals surface area contributed by atoms with Crippen molar-refractivity contribution in [2.75, 3.05) is 13.1 Å². The quantitative estimate of drug-likeness (QED) is 0.779. The summed E-state index contributed by atoms with van der Waals surface area (Å²) >= 11 is 0. The fourth-order valence-corrected chi connectivity index (χ4v) is 3.19. The minimum atomic E-state index is -0.199. The summed E-state index contributed by atoms with van der Waals surface area (Å²) in [5.74, 6) is 0. The average molecular weight is 217 g/mol. The average Bonchev–Trinajstić information content (AvgIpc) is 2.66. The lowest BCUT2D eigenvalue weighted by atomic mass is 10.0. The van der Waals surface area contributed by atoms with Gasteiger partial charge >= 0.3 is 0 Å². The van der Waals surface area contributed by atoms with Gasteiger partial charge in [-0.2, -0.15) is 0 Å². The van der Waals surface area contributed by atoms with Crippen LogP contribution in [0.25, 0.3) is 0 Å². The van der Waals surface area contributed by atoms with Gasteiger partial charge in [0.25, 0.3) is 0 Å². The Kier molecular flexibility index (Phi) is 2.70. The van der Waals surface area contributed by atoms with Crippen LogP contribution in [0, 0.1) is 0 Å². The second kappa shape index (κ2) is 4.19. The molecular formula is C14H19NO. The summed E-state index contributed by atoms with van der Waals surface area (Å²) in [4.78, 5) is 2.47. The van der Waals surface area contributed by atoms with Crippen molar-refractivity contribution in [1.82, 2.24) is 4.90 Å². The highest BCUT2D eigenvalue weighted by molar-refractivity contribution is 5.36. The zero-order chi connectivity index (χ0) is 11.0. The van der Waals surface area contributed by atoms with Crippen LogP contribution < -0.4 is 0 Å². The second-order valence-corrected chi connectivity index (χ2v) is 5.01. The van der Waals surface area contributed by atoms with Gasteiger partial charge in [0.15, 0.2) is 0 Å². The maximum absolute atomic E-state index is 10.2. The van der Waals surface area contributed by atoms with Crippen LogP contribution in [0.2, 0.25) is 0 Å². The van der Waals surface area contributed by atoms with E-state index in [2.05, 4.69) is 29.2 Å². The molecule has 0 aromatic heterocycles. The van der Waals surface area contributed by atoms with Crippen LogP contribution in [0.4, 0.5) is 0 Å². The molecule has 1 aliphatic carbocycles. The van der Waals surface area contributed by atoms with Gasteiger partial charge in [-0.25, -0.2) is 0 Å². The summed E-state index contributed by atoms with van der Waals surface area (Å²) in [5, 5.41) is 10.2. The smallest absolute Gasteiger partial charge is 0.0777 e. The number of likely N-dealkylation sites (tertiary alicyclic amines) is 1. The molecule has 1 fully saturated rings. The lowest BCUT2D eigenvalue weighted by molar-refractivity contribution is 0.0496. The minimum absolute atomic E-state index is 0.199. The first-order valence-corrected chi connectivity index (χ1v) is 6.36. The maximum Gasteiger partial charge on any atom is 0.0777 e. The van der Waals surface area contributed by atoms with Crippen LogP contribution in [0.15, 0.2) is 24.3 Å². The molecule has 0 radical (unpaired) electrons. The standard InChI is InChI=1S/C14H19NO/c16-13-10-11-6-2-3-7-12(11)14(13)15-8-4-1-5-9-15/h2-3,6-7,13-14,16H,1,4-5,8-10H2. The van der Waals surface area contributed by atoms with Gasteiger partial charge in [0.05, 0.1) is 12.1 Å². The fraction of sp³-hybridized carbons (Fsp3) is 0.571. The van der Waals surface area contributed by atoms with Gasteiger partial charge in [-0.1, -0.05) is 30.7 Å². The molecule has 86 valence electrons. The molecular weight excluding hydrogens is 198 g/mol. The Hall–Kier alpha value is -0.860. The molecule has 2 aliphatic rings. The molecule has 1 heterocycles. The van der Waals surface area contributed by atoms with Crippen molar-refractivity contribution in [2.45, 2.75) is 37.8 Å². The normalized spacial score (nSPS) is 30.3. The van der Waals surface area contributed by atoms with Crippen molar-refractivity contribution < 1.29 is 5.11 Å². The van der Waals surface area contributed by atoms with Gasteiger partial charge in [0, 0.05) is 6.42 Å². The van der Waals surface area contributed by atoms with E-state index < -0.39 is 0 Å². The topological polar surface area (TPSA) is 23.5 Å². The summed E-state index contributed by atoms with van der Waals surface area (Å²) in [6.07, 6.45) is 4.55. The Morgan fingerprint density at radius 3 is 2.62 bits per heavy atom. The molecule has 2 unspecified atom stereocenters. The Balaban J connectivity index is 1.89. The van der Waals surface area contributed by atoms with Crippen LogP contribution in [-0.4, -0.2) is 29.2 Å². The highest BCUT2D eigenvalue weighted by Gasteiger charge is 2.35. The lowest BCUT2D eigenvalue weighted by Gasteiger charge is -2.34. The number of piperidine rings is 1. The number of aliphatic hydroxyl groups excluding tert-OH is 1. The zero-order valence-electron chi connectivity index (χ0n) is 9.60. The molecule has 0 saturated carbocycles. The van der Waals surface area contributed by atoms with Crippen LogP contribution >= 0.6 is 0 Å². The van der Waals surface area contributed by atoms with Crippen molar-refractivity contribution in [3.8, 4) is 0 Å². The number of fused-ring (bicyclic) bond motifs is 1. The highest BCUT2D eigenvalue weighted by Crippen LogP contribution is 2.37. The van der Waals surface area contributed by atoms with E-state index in [1.54, 1.807) is 0 Å². The van der Waals surface area contributed by atoms with Crippen LogP contribution in [0.1, 0.15) is 36.4 Å². The third kappa shape index (κ3) is 1.66. The van der Waals surface area contributed by atoms with E-state index in [0.29, 0.717) is 0 Å². The summed E-state index contributed by atoms with van der Waals surface area (Å²) in [6, 6.07) is 8.77. The molecule has 0 bridgehead atoms. The lowest BCUT2D eigenvalue weighted by Crippen LogP contribution is -2.37. The Labute approximate surface area is 96.9 Å². The molecule has 0 amide bonds. The molecule has 3 rings (SSSR count). The van der Waals surface area contributed by atoms with Crippen molar-refractivity contribution in [3.63, 3.8) is 0 Å². The predicted octanol–water partition coefficient (Wildman–Crippen LogP) is 2.13. The van der Waals surface area contributed by atoms with E-state index in [0.717, 1.165) is 19.5 Å². The summed E-state index contributed by atoms with van der Waals surface area (Å²) in [6.45, 7) is 2.30. The van der Waals surface area contributed by atoms with E-state index in [1.165, 1.54) is 30.4 Å². The molecule has 1 aliphatic heterocycles. The predicted molar refractivity (Wildman–Crippen MR) is 64.3 cm³/mol. The van der Waals surface area contributed by atoms with E-state index in [4.69, 9.17) is 0 Å². The van der Waals surface area contributed by atoms with Gasteiger partial charge in [-0.3, -0.25) is 4.90 Å². The molecule has 0 spiro atoms. The first kappa shape index (κ1) is 10.3. The molecule has 1 aromatic carbocycles. The largest absolute Gasteiger partial charge is 0.391 e. The van der Waals surface area contributed by atoms with Gasteiger partial charge in [-0.05, 0) is 37.1 Å². The van der Waals surface area contributed by atoms with Crippen LogP contribution in [0.3, 0.4) is 0 Å². The van der Waals surface area contributed by atoms with E-state index in [9.17, 15) is 5.11 Å². The first-order valence-electron chi connectivity index (χ1n) is 6.36. The van der Waals surface area contributed by atoms with Crippen LogP contribution in [-0.2, 0) is 6.42 Å².